The summed E-state index contributed by atoms with van der Waals surface area (Å²) >= 11 is 0. The summed E-state index contributed by atoms with van der Waals surface area (Å²) in [6.45, 7) is 3.81. The standard InChI is InChI=1S/C18H23N7/c19-18-21-17(22-23-18)15-6-9-24(10-7-15)13-16-20-8-11-25(16)12-14-4-2-1-3-5-14/h1-5,8,11,15H,6-7,9-10,12-13H2,(H3,19,21,22,23). The monoisotopic (exact) mass is 337 g/mol. The third kappa shape index (κ3) is 3.71. The van der Waals surface area contributed by atoms with Crippen LogP contribution >= 0.6 is 0 Å². The molecule has 1 saturated heterocycles. The highest BCUT2D eigenvalue weighted by Gasteiger charge is 2.24. The number of piperidine rings is 1. The number of aromatic amines is 1. The van der Waals surface area contributed by atoms with Gasteiger partial charge in [-0.2, -0.15) is 4.98 Å². The first kappa shape index (κ1) is 15.8. The van der Waals surface area contributed by atoms with Gasteiger partial charge in [0.2, 0.25) is 5.95 Å². The zero-order chi connectivity index (χ0) is 17.1. The van der Waals surface area contributed by atoms with Gasteiger partial charge >= 0.3 is 0 Å². The first-order valence-electron chi connectivity index (χ1n) is 8.72. The molecule has 0 bridgehead atoms. The quantitative estimate of drug-likeness (QED) is 0.743. The van der Waals surface area contributed by atoms with E-state index in [0.29, 0.717) is 11.9 Å². The zero-order valence-corrected chi connectivity index (χ0v) is 14.2. The van der Waals surface area contributed by atoms with Gasteiger partial charge in [-0.25, -0.2) is 4.98 Å². The van der Waals surface area contributed by atoms with Gasteiger partial charge in [-0.15, -0.1) is 5.10 Å². The Morgan fingerprint density at radius 3 is 2.64 bits per heavy atom. The molecule has 7 nitrogen and oxygen atoms in total. The Balaban J connectivity index is 1.35. The summed E-state index contributed by atoms with van der Waals surface area (Å²) in [5.41, 5.74) is 6.90. The number of nitrogens with zero attached hydrogens (tertiary/aromatic N) is 5. The molecular weight excluding hydrogens is 314 g/mol. The van der Waals surface area contributed by atoms with Gasteiger partial charge in [0.25, 0.3) is 0 Å². The van der Waals surface area contributed by atoms with Gasteiger partial charge in [0.15, 0.2) is 0 Å². The Hall–Kier alpha value is -2.67. The van der Waals surface area contributed by atoms with E-state index in [1.54, 1.807) is 0 Å². The normalized spacial score (nSPS) is 16.3. The van der Waals surface area contributed by atoms with Crippen LogP contribution in [-0.2, 0) is 13.1 Å². The van der Waals surface area contributed by atoms with Crippen molar-refractivity contribution in [1.29, 1.82) is 0 Å². The minimum Gasteiger partial charge on any atom is -0.367 e. The number of hydrogen-bond donors (Lipinski definition) is 2. The summed E-state index contributed by atoms with van der Waals surface area (Å²) in [6.07, 6.45) is 6.08. The van der Waals surface area contributed by atoms with Gasteiger partial charge in [0.1, 0.15) is 11.6 Å². The molecule has 1 aliphatic heterocycles. The van der Waals surface area contributed by atoms with Crippen molar-refractivity contribution in [2.75, 3.05) is 18.8 Å². The van der Waals surface area contributed by atoms with E-state index in [-0.39, 0.29) is 0 Å². The maximum absolute atomic E-state index is 5.61. The molecule has 0 radical (unpaired) electrons. The molecule has 1 fully saturated rings. The SMILES string of the molecule is Nc1n[nH]c(C2CCN(Cc3nccn3Cc3ccccc3)CC2)n1. The fourth-order valence-corrected chi connectivity index (χ4v) is 3.45. The maximum atomic E-state index is 5.61. The second-order valence-corrected chi connectivity index (χ2v) is 6.59. The van der Waals surface area contributed by atoms with Crippen LogP contribution in [0.25, 0.3) is 0 Å². The van der Waals surface area contributed by atoms with Crippen LogP contribution < -0.4 is 5.73 Å². The molecule has 3 N–H and O–H groups in total. The Morgan fingerprint density at radius 2 is 1.92 bits per heavy atom. The molecule has 0 atom stereocenters. The maximum Gasteiger partial charge on any atom is 0.239 e. The topological polar surface area (TPSA) is 88.6 Å². The van der Waals surface area contributed by atoms with Crippen molar-refractivity contribution in [3.63, 3.8) is 0 Å². The van der Waals surface area contributed by atoms with Crippen LogP contribution in [0.5, 0.6) is 0 Å². The third-order valence-corrected chi connectivity index (χ3v) is 4.86. The number of imidazole rings is 1. The van der Waals surface area contributed by atoms with E-state index in [4.69, 9.17) is 5.73 Å². The van der Waals surface area contributed by atoms with Crippen LogP contribution in [0.3, 0.4) is 0 Å². The molecule has 0 amide bonds. The van der Waals surface area contributed by atoms with E-state index < -0.39 is 0 Å². The van der Waals surface area contributed by atoms with Crippen LogP contribution in [-0.4, -0.2) is 42.7 Å². The number of H-pyrrole nitrogens is 1. The van der Waals surface area contributed by atoms with Crippen molar-refractivity contribution in [3.05, 3.63) is 59.9 Å². The van der Waals surface area contributed by atoms with Gasteiger partial charge in [-0.1, -0.05) is 30.3 Å². The molecule has 130 valence electrons. The minimum absolute atomic E-state index is 0.334. The molecule has 0 spiro atoms. The predicted molar refractivity (Wildman–Crippen MR) is 95.8 cm³/mol. The Morgan fingerprint density at radius 1 is 1.12 bits per heavy atom. The molecule has 3 aromatic rings. The largest absolute Gasteiger partial charge is 0.367 e. The molecule has 0 unspecified atom stereocenters. The van der Waals surface area contributed by atoms with E-state index in [9.17, 15) is 0 Å². The zero-order valence-electron chi connectivity index (χ0n) is 14.2. The molecule has 1 aliphatic rings. The van der Waals surface area contributed by atoms with Crippen molar-refractivity contribution in [2.45, 2.75) is 31.8 Å². The van der Waals surface area contributed by atoms with Crippen molar-refractivity contribution in [3.8, 4) is 0 Å². The highest BCUT2D eigenvalue weighted by atomic mass is 15.3. The third-order valence-electron chi connectivity index (χ3n) is 4.86. The Kier molecular flexibility index (Phi) is 4.47. The number of rotatable bonds is 5. The lowest BCUT2D eigenvalue weighted by atomic mass is 9.96. The average Bonchev–Trinajstić information content (AvgIpc) is 3.26. The highest BCUT2D eigenvalue weighted by Crippen LogP contribution is 2.26. The summed E-state index contributed by atoms with van der Waals surface area (Å²) < 4.78 is 2.23. The van der Waals surface area contributed by atoms with E-state index in [1.165, 1.54) is 5.56 Å². The van der Waals surface area contributed by atoms with Crippen molar-refractivity contribution in [2.24, 2.45) is 0 Å². The minimum atomic E-state index is 0.334. The molecule has 1 aromatic carbocycles. The van der Waals surface area contributed by atoms with E-state index in [0.717, 1.165) is 50.7 Å². The van der Waals surface area contributed by atoms with E-state index >= 15 is 0 Å². The van der Waals surface area contributed by atoms with Crippen LogP contribution in [0, 0.1) is 0 Å². The summed E-state index contributed by atoms with van der Waals surface area (Å²) in [4.78, 5) is 11.3. The molecule has 3 heterocycles. The summed E-state index contributed by atoms with van der Waals surface area (Å²) in [5.74, 6) is 2.79. The van der Waals surface area contributed by atoms with Crippen LogP contribution in [0.15, 0.2) is 42.7 Å². The second kappa shape index (κ2) is 7.06. The Bertz CT molecular complexity index is 800. The molecule has 2 aromatic heterocycles. The number of nitrogens with one attached hydrogen (secondary N) is 1. The molecule has 7 heteroatoms. The first-order chi connectivity index (χ1) is 12.3. The molecular formula is C18H23N7. The summed E-state index contributed by atoms with van der Waals surface area (Å²) in [7, 11) is 0. The van der Waals surface area contributed by atoms with Gasteiger partial charge in [-0.3, -0.25) is 10.00 Å². The average molecular weight is 337 g/mol. The highest BCUT2D eigenvalue weighted by molar-refractivity contribution is 5.16. The number of nitrogen functional groups attached to an aromatic ring is 1. The van der Waals surface area contributed by atoms with E-state index in [2.05, 4.69) is 60.1 Å². The smallest absolute Gasteiger partial charge is 0.239 e. The van der Waals surface area contributed by atoms with Gasteiger partial charge in [0, 0.05) is 24.9 Å². The first-order valence-corrected chi connectivity index (χ1v) is 8.72. The molecule has 0 aliphatic carbocycles. The van der Waals surface area contributed by atoms with Gasteiger partial charge in [0.05, 0.1) is 6.54 Å². The summed E-state index contributed by atoms with van der Waals surface area (Å²) in [5, 5.41) is 6.89. The summed E-state index contributed by atoms with van der Waals surface area (Å²) in [6, 6.07) is 10.5. The van der Waals surface area contributed by atoms with Crippen LogP contribution in [0.1, 0.15) is 36.0 Å². The lowest BCUT2D eigenvalue weighted by molar-refractivity contribution is 0.195. The van der Waals surface area contributed by atoms with Crippen molar-refractivity contribution < 1.29 is 0 Å². The lowest BCUT2D eigenvalue weighted by Crippen LogP contribution is -2.33. The fourth-order valence-electron chi connectivity index (χ4n) is 3.45. The Labute approximate surface area is 146 Å². The fraction of sp³-hybridized carbons (Fsp3) is 0.389. The van der Waals surface area contributed by atoms with Crippen molar-refractivity contribution in [1.82, 2.24) is 29.6 Å². The number of hydrogen-bond acceptors (Lipinski definition) is 5. The second-order valence-electron chi connectivity index (χ2n) is 6.59. The number of benzene rings is 1. The van der Waals surface area contributed by atoms with Gasteiger partial charge < -0.3 is 10.3 Å². The van der Waals surface area contributed by atoms with Gasteiger partial charge in [-0.05, 0) is 31.5 Å². The van der Waals surface area contributed by atoms with Crippen molar-refractivity contribution >= 4 is 5.95 Å². The van der Waals surface area contributed by atoms with Crippen LogP contribution in [0.2, 0.25) is 0 Å². The number of nitrogens with two attached hydrogens (primary N) is 1. The van der Waals surface area contributed by atoms with E-state index in [1.807, 2.05) is 12.3 Å². The number of likely N-dealkylation sites (tertiary alicyclic amines) is 1. The lowest BCUT2D eigenvalue weighted by Gasteiger charge is -2.30. The molecule has 4 rings (SSSR count). The number of anilines is 1. The number of aromatic nitrogens is 5. The molecule has 25 heavy (non-hydrogen) atoms. The molecule has 0 saturated carbocycles. The van der Waals surface area contributed by atoms with Crippen LogP contribution in [0.4, 0.5) is 5.95 Å². The predicted octanol–water partition coefficient (Wildman–Crippen LogP) is 2.01.